The summed E-state index contributed by atoms with van der Waals surface area (Å²) in [6.07, 6.45) is 0.883. The summed E-state index contributed by atoms with van der Waals surface area (Å²) in [6.45, 7) is 4.81. The molecule has 8 heteroatoms. The summed E-state index contributed by atoms with van der Waals surface area (Å²) >= 11 is 1.59. The molecule has 7 nitrogen and oxygen atoms in total. The highest BCUT2D eigenvalue weighted by Gasteiger charge is 2.42. The van der Waals surface area contributed by atoms with Gasteiger partial charge in [0.1, 0.15) is 11.4 Å². The Labute approximate surface area is 199 Å². The lowest BCUT2D eigenvalue weighted by Gasteiger charge is -2.29. The van der Waals surface area contributed by atoms with Crippen LogP contribution in [-0.4, -0.2) is 56.4 Å². The van der Waals surface area contributed by atoms with E-state index in [-0.39, 0.29) is 17.2 Å². The average molecular weight is 473 g/mol. The second kappa shape index (κ2) is 11.3. The van der Waals surface area contributed by atoms with Crippen LogP contribution in [0.1, 0.15) is 41.6 Å². The number of hydrogen-bond donors (Lipinski definition) is 1. The number of nitrogens with one attached hydrogen (secondary N) is 1. The van der Waals surface area contributed by atoms with E-state index >= 15 is 0 Å². The van der Waals surface area contributed by atoms with Crippen molar-refractivity contribution in [2.24, 2.45) is 5.92 Å². The minimum absolute atomic E-state index is 0.137. The second-order valence-corrected chi connectivity index (χ2v) is 9.33. The summed E-state index contributed by atoms with van der Waals surface area (Å²) in [5.41, 5.74) is 1.34. The summed E-state index contributed by atoms with van der Waals surface area (Å²) in [6, 6.07) is 12.4. The molecule has 178 valence electrons. The van der Waals surface area contributed by atoms with E-state index in [1.165, 1.54) is 21.3 Å². The predicted octanol–water partition coefficient (Wildman–Crippen LogP) is 4.13. The third-order valence-corrected chi connectivity index (χ3v) is 6.88. The molecule has 2 atom stereocenters. The van der Waals surface area contributed by atoms with Crippen LogP contribution in [-0.2, 0) is 4.79 Å². The highest BCUT2D eigenvalue weighted by Crippen LogP contribution is 2.44. The Morgan fingerprint density at radius 3 is 2.24 bits per heavy atom. The van der Waals surface area contributed by atoms with Crippen molar-refractivity contribution >= 4 is 23.6 Å². The molecule has 33 heavy (non-hydrogen) atoms. The van der Waals surface area contributed by atoms with Gasteiger partial charge in [-0.1, -0.05) is 44.2 Å². The van der Waals surface area contributed by atoms with Crippen molar-refractivity contribution in [3.05, 3.63) is 53.6 Å². The number of carbonyl (C=O) groups excluding carboxylic acids is 2. The molecule has 2 unspecified atom stereocenters. The van der Waals surface area contributed by atoms with Crippen molar-refractivity contribution in [3.8, 4) is 17.2 Å². The van der Waals surface area contributed by atoms with Crippen LogP contribution in [0, 0.1) is 5.92 Å². The quantitative estimate of drug-likeness (QED) is 0.591. The van der Waals surface area contributed by atoms with Crippen LogP contribution in [0.15, 0.2) is 42.5 Å². The van der Waals surface area contributed by atoms with Gasteiger partial charge < -0.3 is 24.4 Å². The first-order chi connectivity index (χ1) is 15.9. The molecule has 1 saturated heterocycles. The molecule has 0 aliphatic carbocycles. The van der Waals surface area contributed by atoms with Crippen LogP contribution in [0.3, 0.4) is 0 Å². The van der Waals surface area contributed by atoms with Crippen LogP contribution in [0.2, 0.25) is 0 Å². The molecule has 0 aromatic heterocycles. The first-order valence-corrected chi connectivity index (χ1v) is 12.0. The smallest absolute Gasteiger partial charge is 0.256 e. The van der Waals surface area contributed by atoms with Crippen LogP contribution < -0.4 is 19.5 Å². The largest absolute Gasteiger partial charge is 0.493 e. The van der Waals surface area contributed by atoms with Gasteiger partial charge in [0.05, 0.1) is 21.3 Å². The van der Waals surface area contributed by atoms with Gasteiger partial charge in [-0.2, -0.15) is 0 Å². The van der Waals surface area contributed by atoms with E-state index in [0.29, 0.717) is 41.0 Å². The SMILES string of the molecule is COc1cc(C(=O)N2C(C(=O)NCCC(C)C)CSC2c2ccccc2)cc(OC)c1OC. The molecule has 1 aliphatic rings. The van der Waals surface area contributed by atoms with Crippen molar-refractivity contribution in [2.75, 3.05) is 33.6 Å². The first-order valence-electron chi connectivity index (χ1n) is 11.0. The zero-order valence-electron chi connectivity index (χ0n) is 19.8. The van der Waals surface area contributed by atoms with Crippen LogP contribution >= 0.6 is 11.8 Å². The van der Waals surface area contributed by atoms with Crippen molar-refractivity contribution in [1.29, 1.82) is 0 Å². The van der Waals surface area contributed by atoms with E-state index in [1.807, 2.05) is 30.3 Å². The molecule has 0 saturated carbocycles. The predicted molar refractivity (Wildman–Crippen MR) is 130 cm³/mol. The van der Waals surface area contributed by atoms with Crippen LogP contribution in [0.5, 0.6) is 17.2 Å². The number of amides is 2. The number of hydrogen-bond acceptors (Lipinski definition) is 6. The van der Waals surface area contributed by atoms with Gasteiger partial charge in [0.15, 0.2) is 11.5 Å². The molecule has 0 bridgehead atoms. The molecule has 0 spiro atoms. The molecule has 1 fully saturated rings. The number of carbonyl (C=O) groups is 2. The fourth-order valence-corrected chi connectivity index (χ4v) is 5.22. The zero-order chi connectivity index (χ0) is 24.0. The molecule has 2 amide bonds. The van der Waals surface area contributed by atoms with Crippen LogP contribution in [0.25, 0.3) is 0 Å². The van der Waals surface area contributed by atoms with Gasteiger partial charge in [-0.25, -0.2) is 0 Å². The fourth-order valence-electron chi connectivity index (χ4n) is 3.79. The number of nitrogens with zero attached hydrogens (tertiary/aromatic N) is 1. The average Bonchev–Trinajstić information content (AvgIpc) is 3.28. The Balaban J connectivity index is 1.97. The molecule has 3 rings (SSSR count). The minimum atomic E-state index is -0.584. The summed E-state index contributed by atoms with van der Waals surface area (Å²) < 4.78 is 16.3. The Morgan fingerprint density at radius 1 is 1.06 bits per heavy atom. The van der Waals surface area contributed by atoms with Gasteiger partial charge in [-0.15, -0.1) is 11.8 Å². The van der Waals surface area contributed by atoms with Gasteiger partial charge in [0, 0.05) is 17.9 Å². The van der Waals surface area contributed by atoms with Crippen molar-refractivity contribution < 1.29 is 23.8 Å². The van der Waals surface area contributed by atoms with E-state index in [2.05, 4.69) is 19.2 Å². The normalized spacial score (nSPS) is 17.7. The van der Waals surface area contributed by atoms with E-state index in [4.69, 9.17) is 14.2 Å². The van der Waals surface area contributed by atoms with E-state index in [1.54, 1.807) is 28.8 Å². The number of benzene rings is 2. The maximum absolute atomic E-state index is 13.8. The molecular weight excluding hydrogens is 440 g/mol. The van der Waals surface area contributed by atoms with Crippen molar-refractivity contribution in [1.82, 2.24) is 10.2 Å². The lowest BCUT2D eigenvalue weighted by atomic mass is 10.1. The topological polar surface area (TPSA) is 77.1 Å². The minimum Gasteiger partial charge on any atom is -0.493 e. The molecule has 1 heterocycles. The number of thioether (sulfide) groups is 1. The number of rotatable bonds is 9. The molecule has 2 aromatic carbocycles. The van der Waals surface area contributed by atoms with Gasteiger partial charge in [0.25, 0.3) is 5.91 Å². The highest BCUT2D eigenvalue weighted by molar-refractivity contribution is 7.99. The second-order valence-electron chi connectivity index (χ2n) is 8.21. The molecular formula is C25H32N2O5S. The fraction of sp³-hybridized carbons (Fsp3) is 0.440. The van der Waals surface area contributed by atoms with Gasteiger partial charge in [-0.3, -0.25) is 9.59 Å². The van der Waals surface area contributed by atoms with Gasteiger partial charge in [0.2, 0.25) is 11.7 Å². The third kappa shape index (κ3) is 5.55. The van der Waals surface area contributed by atoms with E-state index in [0.717, 1.165) is 12.0 Å². The summed E-state index contributed by atoms with van der Waals surface area (Å²) in [5, 5.41) is 2.73. The Kier molecular flexibility index (Phi) is 8.49. The zero-order valence-corrected chi connectivity index (χ0v) is 20.6. The number of ether oxygens (including phenoxy) is 3. The van der Waals surface area contributed by atoms with Crippen LogP contribution in [0.4, 0.5) is 0 Å². The maximum Gasteiger partial charge on any atom is 0.256 e. The van der Waals surface area contributed by atoms with Crippen molar-refractivity contribution in [3.63, 3.8) is 0 Å². The van der Waals surface area contributed by atoms with E-state index in [9.17, 15) is 9.59 Å². The summed E-state index contributed by atoms with van der Waals surface area (Å²) in [4.78, 5) is 28.6. The van der Waals surface area contributed by atoms with Gasteiger partial charge in [-0.05, 0) is 30.0 Å². The summed E-state index contributed by atoms with van der Waals surface area (Å²) in [5.74, 6) is 1.79. The molecule has 0 radical (unpaired) electrons. The lowest BCUT2D eigenvalue weighted by Crippen LogP contribution is -2.48. The monoisotopic (exact) mass is 472 g/mol. The van der Waals surface area contributed by atoms with Crippen molar-refractivity contribution in [2.45, 2.75) is 31.7 Å². The Hall–Kier alpha value is -2.87. The standard InChI is InChI=1S/C25H32N2O5S/c1-16(2)11-12-26-23(28)19-15-33-25(17-9-7-6-8-10-17)27(19)24(29)18-13-20(30-3)22(32-5)21(14-18)31-4/h6-10,13-14,16,19,25H,11-12,15H2,1-5H3,(H,26,28). The third-order valence-electron chi connectivity index (χ3n) is 5.55. The molecule has 2 aromatic rings. The molecule has 1 aliphatic heterocycles. The molecule has 1 N–H and O–H groups in total. The van der Waals surface area contributed by atoms with E-state index < -0.39 is 6.04 Å². The lowest BCUT2D eigenvalue weighted by molar-refractivity contribution is -0.124. The maximum atomic E-state index is 13.8. The van der Waals surface area contributed by atoms with Gasteiger partial charge >= 0.3 is 0 Å². The Morgan fingerprint density at radius 2 is 1.70 bits per heavy atom. The highest BCUT2D eigenvalue weighted by atomic mass is 32.2. The first kappa shape index (κ1) is 24.8. The number of methoxy groups -OCH3 is 3. The summed E-state index contributed by atoms with van der Waals surface area (Å²) in [7, 11) is 4.53. The Bertz CT molecular complexity index is 942.